The molecule has 27 heavy (non-hydrogen) atoms. The molecule has 0 saturated heterocycles. The Morgan fingerprint density at radius 1 is 1.41 bits per heavy atom. The van der Waals surface area contributed by atoms with Crippen molar-refractivity contribution in [2.75, 3.05) is 32.1 Å². The highest BCUT2D eigenvalue weighted by molar-refractivity contribution is 7.99. The molecule has 0 radical (unpaired) electrons. The number of aliphatic hydroxyl groups excluding tert-OH is 1. The lowest BCUT2D eigenvalue weighted by Gasteiger charge is -2.27. The van der Waals surface area contributed by atoms with E-state index in [0.29, 0.717) is 11.9 Å². The number of hydrogen-bond acceptors (Lipinski definition) is 6. The fourth-order valence-corrected chi connectivity index (χ4v) is 4.38. The summed E-state index contributed by atoms with van der Waals surface area (Å²) in [5, 5.41) is 12.6. The first-order valence-electron chi connectivity index (χ1n) is 9.40. The second kappa shape index (κ2) is 8.91. The summed E-state index contributed by atoms with van der Waals surface area (Å²) in [5.74, 6) is 0.284. The number of aryl methyl sites for hydroxylation is 1. The Kier molecular flexibility index (Phi) is 6.57. The summed E-state index contributed by atoms with van der Waals surface area (Å²) in [6.45, 7) is 5.57. The van der Waals surface area contributed by atoms with Crippen molar-refractivity contribution in [1.82, 2.24) is 9.88 Å². The van der Waals surface area contributed by atoms with Gasteiger partial charge in [0.1, 0.15) is 5.56 Å². The molecule has 0 fully saturated rings. The Morgan fingerprint density at radius 3 is 2.96 bits per heavy atom. The van der Waals surface area contributed by atoms with Crippen molar-refractivity contribution >= 4 is 28.6 Å². The first-order chi connectivity index (χ1) is 13.1. The molecule has 0 amide bonds. The predicted octanol–water partition coefficient (Wildman–Crippen LogP) is 2.36. The molecule has 0 spiro atoms. The number of pyridine rings is 1. The van der Waals surface area contributed by atoms with Crippen LogP contribution in [0.4, 0.5) is 0 Å². The Hall–Kier alpha value is -1.83. The van der Waals surface area contributed by atoms with E-state index in [9.17, 15) is 9.59 Å². The van der Waals surface area contributed by atoms with Crippen LogP contribution in [-0.2, 0) is 11.2 Å². The molecule has 7 heteroatoms. The lowest BCUT2D eigenvalue weighted by Crippen LogP contribution is -2.25. The molecule has 1 unspecified atom stereocenters. The van der Waals surface area contributed by atoms with Crippen LogP contribution >= 0.6 is 11.8 Å². The topological polar surface area (TPSA) is 80.6 Å². The van der Waals surface area contributed by atoms with Gasteiger partial charge in [0.25, 0.3) is 0 Å². The molecule has 2 heterocycles. The molecule has 1 atom stereocenters. The van der Waals surface area contributed by atoms with Gasteiger partial charge in [-0.2, -0.15) is 0 Å². The molecule has 2 N–H and O–H groups in total. The average molecular weight is 391 g/mol. The van der Waals surface area contributed by atoms with Crippen molar-refractivity contribution in [2.24, 2.45) is 0 Å². The lowest BCUT2D eigenvalue weighted by atomic mass is 9.96. The molecular weight excluding hydrogens is 364 g/mol. The third-order valence-electron chi connectivity index (χ3n) is 4.82. The maximum atomic E-state index is 13.0. The predicted molar refractivity (Wildman–Crippen MR) is 108 cm³/mol. The molecule has 0 bridgehead atoms. The van der Waals surface area contributed by atoms with Crippen LogP contribution in [0.15, 0.2) is 28.0 Å². The van der Waals surface area contributed by atoms with E-state index in [2.05, 4.69) is 22.9 Å². The van der Waals surface area contributed by atoms with E-state index >= 15 is 0 Å². The van der Waals surface area contributed by atoms with Crippen LogP contribution in [0.5, 0.6) is 0 Å². The third-order valence-corrected chi connectivity index (χ3v) is 5.79. The first kappa shape index (κ1) is 19.9. The van der Waals surface area contributed by atoms with Crippen LogP contribution in [0.2, 0.25) is 0 Å². The third kappa shape index (κ3) is 4.20. The normalized spacial score (nSPS) is 15.9. The van der Waals surface area contributed by atoms with E-state index in [1.807, 2.05) is 6.07 Å². The summed E-state index contributed by atoms with van der Waals surface area (Å²) in [7, 11) is 0. The van der Waals surface area contributed by atoms with Crippen LogP contribution < -0.4 is 10.7 Å². The molecule has 3 rings (SSSR count). The first-order valence-corrected chi connectivity index (χ1v) is 10.4. The number of carbonyl (C=O) groups is 1. The summed E-state index contributed by atoms with van der Waals surface area (Å²) in [5.41, 5.74) is 1.95. The van der Waals surface area contributed by atoms with Gasteiger partial charge in [-0.25, -0.2) is 4.79 Å². The summed E-state index contributed by atoms with van der Waals surface area (Å²) in [4.78, 5) is 26.3. The molecule has 0 saturated carbocycles. The van der Waals surface area contributed by atoms with Crippen LogP contribution in [0.25, 0.3) is 10.9 Å². The van der Waals surface area contributed by atoms with Crippen molar-refractivity contribution in [2.45, 2.75) is 37.6 Å². The van der Waals surface area contributed by atoms with Crippen molar-refractivity contribution in [3.63, 3.8) is 0 Å². The fraction of sp³-hybridized carbons (Fsp3) is 0.500. The zero-order valence-electron chi connectivity index (χ0n) is 15.8. The van der Waals surface area contributed by atoms with Gasteiger partial charge in [-0.1, -0.05) is 0 Å². The minimum Gasteiger partial charge on any atom is -0.462 e. The Balaban J connectivity index is 2.02. The number of benzene rings is 1. The summed E-state index contributed by atoms with van der Waals surface area (Å²) >= 11 is 1.67. The number of thioether (sulfide) groups is 1. The van der Waals surface area contributed by atoms with E-state index in [4.69, 9.17) is 9.84 Å². The van der Waals surface area contributed by atoms with E-state index in [0.717, 1.165) is 41.1 Å². The standard InChI is InChI=1S/C20H26N2O4S/c1-3-26-20(25)17-12-22-13(2)4-5-14-10-15(27-9-7-21-6-8-23)11-16(18(14)22)19(17)24/h10-13,21,23H,3-9H2,1-2H3. The number of ether oxygens (including phenoxy) is 1. The number of aliphatic hydroxyl groups is 1. The van der Waals surface area contributed by atoms with E-state index < -0.39 is 5.97 Å². The van der Waals surface area contributed by atoms with Gasteiger partial charge in [-0.05, 0) is 44.4 Å². The van der Waals surface area contributed by atoms with Crippen LogP contribution in [-0.4, -0.2) is 47.7 Å². The molecule has 1 aromatic carbocycles. The molecule has 146 valence electrons. The van der Waals surface area contributed by atoms with Crippen molar-refractivity contribution in [3.8, 4) is 0 Å². The number of aromatic nitrogens is 1. The number of nitrogens with one attached hydrogen (secondary N) is 1. The molecule has 0 aliphatic carbocycles. The van der Waals surface area contributed by atoms with Gasteiger partial charge in [0.2, 0.25) is 5.43 Å². The van der Waals surface area contributed by atoms with Gasteiger partial charge in [-0.3, -0.25) is 4.79 Å². The summed E-state index contributed by atoms with van der Waals surface area (Å²) < 4.78 is 7.14. The SMILES string of the molecule is CCOC(=O)c1cn2c3c(cc(SCCNCCO)cc3c1=O)CCC2C. The highest BCUT2D eigenvalue weighted by Crippen LogP contribution is 2.33. The van der Waals surface area contributed by atoms with Crippen molar-refractivity contribution < 1.29 is 14.6 Å². The average Bonchev–Trinajstić information content (AvgIpc) is 2.66. The Labute approximate surface area is 162 Å². The van der Waals surface area contributed by atoms with E-state index in [1.54, 1.807) is 24.9 Å². The molecule has 6 nitrogen and oxygen atoms in total. The maximum Gasteiger partial charge on any atom is 0.343 e. The fourth-order valence-electron chi connectivity index (χ4n) is 3.48. The van der Waals surface area contributed by atoms with Crippen molar-refractivity contribution in [1.29, 1.82) is 0 Å². The minimum atomic E-state index is -0.557. The number of esters is 1. The Bertz CT molecular complexity index is 894. The van der Waals surface area contributed by atoms with Gasteiger partial charge >= 0.3 is 5.97 Å². The lowest BCUT2D eigenvalue weighted by molar-refractivity contribution is 0.0524. The highest BCUT2D eigenvalue weighted by atomic mass is 32.2. The quantitative estimate of drug-likeness (QED) is 0.409. The van der Waals surface area contributed by atoms with Gasteiger partial charge in [0, 0.05) is 41.4 Å². The number of nitrogens with zero attached hydrogens (tertiary/aromatic N) is 1. The van der Waals surface area contributed by atoms with Crippen molar-refractivity contribution in [3.05, 3.63) is 39.7 Å². The second-order valence-electron chi connectivity index (χ2n) is 6.69. The molecule has 2 aromatic rings. The monoisotopic (exact) mass is 390 g/mol. The molecular formula is C20H26N2O4S. The van der Waals surface area contributed by atoms with E-state index in [-0.39, 0.29) is 30.2 Å². The second-order valence-corrected chi connectivity index (χ2v) is 7.86. The smallest absolute Gasteiger partial charge is 0.343 e. The number of rotatable bonds is 8. The summed E-state index contributed by atoms with van der Waals surface area (Å²) in [6, 6.07) is 4.29. The van der Waals surface area contributed by atoms with Gasteiger partial charge in [-0.15, -0.1) is 11.8 Å². The minimum absolute atomic E-state index is 0.107. The Morgan fingerprint density at radius 2 is 2.22 bits per heavy atom. The highest BCUT2D eigenvalue weighted by Gasteiger charge is 2.24. The van der Waals surface area contributed by atoms with Crippen LogP contribution in [0.3, 0.4) is 0 Å². The molecule has 1 aliphatic rings. The zero-order valence-corrected chi connectivity index (χ0v) is 16.6. The maximum absolute atomic E-state index is 13.0. The van der Waals surface area contributed by atoms with Crippen LogP contribution in [0.1, 0.15) is 42.2 Å². The molecule has 1 aromatic heterocycles. The van der Waals surface area contributed by atoms with Gasteiger partial charge in [0.05, 0.1) is 18.7 Å². The number of hydrogen-bond donors (Lipinski definition) is 2. The van der Waals surface area contributed by atoms with E-state index in [1.165, 1.54) is 0 Å². The molecule has 1 aliphatic heterocycles. The largest absolute Gasteiger partial charge is 0.462 e. The van der Waals surface area contributed by atoms with Crippen LogP contribution in [0, 0.1) is 0 Å². The zero-order chi connectivity index (χ0) is 19.4. The summed E-state index contributed by atoms with van der Waals surface area (Å²) in [6.07, 6.45) is 3.56. The van der Waals surface area contributed by atoms with Gasteiger partial charge in [0.15, 0.2) is 0 Å². The van der Waals surface area contributed by atoms with Gasteiger partial charge < -0.3 is 19.7 Å². The number of carbonyl (C=O) groups excluding carboxylic acids is 1.